The van der Waals surface area contributed by atoms with Crippen LogP contribution in [0.15, 0.2) is 54.6 Å². The highest BCUT2D eigenvalue weighted by atomic mass is 16.2. The number of carbonyl (C=O) groups excluding carboxylic acids is 2. The molecule has 0 spiro atoms. The van der Waals surface area contributed by atoms with E-state index in [1.165, 1.54) is 0 Å². The molecule has 0 bridgehead atoms. The zero-order valence-electron chi connectivity index (χ0n) is 15.3. The molecule has 136 valence electrons. The van der Waals surface area contributed by atoms with Gasteiger partial charge in [-0.2, -0.15) is 0 Å². The second-order valence-corrected chi connectivity index (χ2v) is 6.77. The van der Waals surface area contributed by atoms with Gasteiger partial charge in [0.25, 0.3) is 0 Å². The number of nitrogens with one attached hydrogen (secondary N) is 1. The molecule has 0 saturated carbocycles. The number of rotatable bonds is 6. The Bertz CT molecular complexity index is 757. The van der Waals surface area contributed by atoms with Crippen LogP contribution in [0.4, 0.5) is 5.69 Å². The minimum absolute atomic E-state index is 0.0236. The van der Waals surface area contributed by atoms with Crippen LogP contribution in [-0.4, -0.2) is 37.4 Å². The van der Waals surface area contributed by atoms with Crippen LogP contribution in [0, 0.1) is 0 Å². The van der Waals surface area contributed by atoms with E-state index in [1.54, 1.807) is 19.0 Å². The topological polar surface area (TPSA) is 52.7 Å². The summed E-state index contributed by atoms with van der Waals surface area (Å²) in [6.07, 6.45) is 1.56. The summed E-state index contributed by atoms with van der Waals surface area (Å²) < 4.78 is 0. The standard InChI is InChI=1S/C21H25N3O2/c1-23(2)21(26)20(17-7-4-3-5-8-17)22-15-16-10-12-18(13-11-16)24-14-6-9-19(24)25/h3-5,7-8,10-13,20,22H,6,9,14-15H2,1-2H3/t20-/m0/s1. The normalized spacial score (nSPS) is 15.2. The van der Waals surface area contributed by atoms with Crippen LogP contribution in [0.5, 0.6) is 0 Å². The van der Waals surface area contributed by atoms with Gasteiger partial charge >= 0.3 is 0 Å². The SMILES string of the molecule is CN(C)C(=O)[C@@H](NCc1ccc(N2CCCC2=O)cc1)c1ccccc1. The molecule has 2 aromatic carbocycles. The zero-order chi connectivity index (χ0) is 18.5. The van der Waals surface area contributed by atoms with E-state index in [1.807, 2.05) is 59.5 Å². The fourth-order valence-corrected chi connectivity index (χ4v) is 3.19. The lowest BCUT2D eigenvalue weighted by atomic mass is 10.1. The third-order valence-electron chi connectivity index (χ3n) is 4.65. The van der Waals surface area contributed by atoms with Crippen LogP contribution in [-0.2, 0) is 16.1 Å². The van der Waals surface area contributed by atoms with E-state index in [4.69, 9.17) is 0 Å². The molecular weight excluding hydrogens is 326 g/mol. The lowest BCUT2D eigenvalue weighted by Gasteiger charge is -2.22. The van der Waals surface area contributed by atoms with E-state index >= 15 is 0 Å². The van der Waals surface area contributed by atoms with Crippen molar-refractivity contribution in [1.82, 2.24) is 10.2 Å². The van der Waals surface area contributed by atoms with Gasteiger partial charge in [0.05, 0.1) is 0 Å². The van der Waals surface area contributed by atoms with Gasteiger partial charge in [-0.3, -0.25) is 14.9 Å². The molecule has 1 aliphatic heterocycles. The number of amides is 2. The summed E-state index contributed by atoms with van der Waals surface area (Å²) in [4.78, 5) is 27.8. The van der Waals surface area contributed by atoms with Crippen molar-refractivity contribution in [2.75, 3.05) is 25.5 Å². The molecular formula is C21H25N3O2. The van der Waals surface area contributed by atoms with Crippen LogP contribution in [0.3, 0.4) is 0 Å². The molecule has 0 radical (unpaired) electrons. The van der Waals surface area contributed by atoms with E-state index < -0.39 is 0 Å². The van der Waals surface area contributed by atoms with Gasteiger partial charge in [-0.05, 0) is 29.7 Å². The Balaban J connectivity index is 1.69. The zero-order valence-corrected chi connectivity index (χ0v) is 15.3. The van der Waals surface area contributed by atoms with E-state index in [-0.39, 0.29) is 17.9 Å². The van der Waals surface area contributed by atoms with Gasteiger partial charge in [-0.25, -0.2) is 0 Å². The van der Waals surface area contributed by atoms with E-state index in [0.29, 0.717) is 13.0 Å². The molecule has 1 fully saturated rings. The summed E-state index contributed by atoms with van der Waals surface area (Å²) in [6, 6.07) is 17.3. The largest absolute Gasteiger partial charge is 0.347 e. The second kappa shape index (κ2) is 8.15. The van der Waals surface area contributed by atoms with Gasteiger partial charge in [-0.1, -0.05) is 42.5 Å². The first-order valence-electron chi connectivity index (χ1n) is 8.95. The first kappa shape index (κ1) is 18.1. The first-order valence-corrected chi connectivity index (χ1v) is 8.95. The molecule has 1 heterocycles. The van der Waals surface area contributed by atoms with Gasteiger partial charge in [0, 0.05) is 39.3 Å². The van der Waals surface area contributed by atoms with Crippen molar-refractivity contribution < 1.29 is 9.59 Å². The Kier molecular flexibility index (Phi) is 5.68. The van der Waals surface area contributed by atoms with E-state index in [0.717, 1.165) is 29.8 Å². The van der Waals surface area contributed by atoms with Crippen LogP contribution in [0.2, 0.25) is 0 Å². The van der Waals surface area contributed by atoms with Crippen LogP contribution >= 0.6 is 0 Å². The Morgan fingerprint density at radius 1 is 1.12 bits per heavy atom. The minimum atomic E-state index is -0.383. The van der Waals surface area contributed by atoms with Crippen molar-refractivity contribution in [1.29, 1.82) is 0 Å². The number of carbonyl (C=O) groups is 2. The van der Waals surface area contributed by atoms with Crippen LogP contribution in [0.1, 0.15) is 30.0 Å². The molecule has 0 aromatic heterocycles. The third-order valence-corrected chi connectivity index (χ3v) is 4.65. The summed E-state index contributed by atoms with van der Waals surface area (Å²) in [5.41, 5.74) is 2.97. The quantitative estimate of drug-likeness (QED) is 0.871. The predicted molar refractivity (Wildman–Crippen MR) is 103 cm³/mol. The number of likely N-dealkylation sites (N-methyl/N-ethyl adjacent to an activating group) is 1. The fraction of sp³-hybridized carbons (Fsp3) is 0.333. The average Bonchev–Trinajstić information content (AvgIpc) is 3.09. The molecule has 2 amide bonds. The monoisotopic (exact) mass is 351 g/mol. The predicted octanol–water partition coefficient (Wildman–Crippen LogP) is 2.73. The highest BCUT2D eigenvalue weighted by molar-refractivity contribution is 5.95. The van der Waals surface area contributed by atoms with Gasteiger partial charge in [0.15, 0.2) is 0 Å². The summed E-state index contributed by atoms with van der Waals surface area (Å²) >= 11 is 0. The van der Waals surface area contributed by atoms with E-state index in [2.05, 4.69) is 5.32 Å². The molecule has 3 rings (SSSR count). The summed E-state index contributed by atoms with van der Waals surface area (Å²) in [5, 5.41) is 3.36. The smallest absolute Gasteiger partial charge is 0.243 e. The van der Waals surface area contributed by atoms with Crippen molar-refractivity contribution in [2.45, 2.75) is 25.4 Å². The lowest BCUT2D eigenvalue weighted by molar-refractivity contribution is -0.131. The molecule has 26 heavy (non-hydrogen) atoms. The molecule has 5 heteroatoms. The Morgan fingerprint density at radius 2 is 1.81 bits per heavy atom. The molecule has 1 atom stereocenters. The number of anilines is 1. The minimum Gasteiger partial charge on any atom is -0.347 e. The highest BCUT2D eigenvalue weighted by Crippen LogP contribution is 2.22. The summed E-state index contributed by atoms with van der Waals surface area (Å²) in [5.74, 6) is 0.215. The van der Waals surface area contributed by atoms with Gasteiger partial charge < -0.3 is 9.80 Å². The van der Waals surface area contributed by atoms with Crippen molar-refractivity contribution >= 4 is 17.5 Å². The lowest BCUT2D eigenvalue weighted by Crippen LogP contribution is -2.36. The summed E-state index contributed by atoms with van der Waals surface area (Å²) in [6.45, 7) is 1.37. The van der Waals surface area contributed by atoms with Crippen molar-refractivity contribution in [3.8, 4) is 0 Å². The van der Waals surface area contributed by atoms with E-state index in [9.17, 15) is 9.59 Å². The molecule has 1 aliphatic rings. The van der Waals surface area contributed by atoms with Crippen molar-refractivity contribution in [2.24, 2.45) is 0 Å². The number of hydrogen-bond acceptors (Lipinski definition) is 3. The Labute approximate surface area is 154 Å². The van der Waals surface area contributed by atoms with Crippen LogP contribution in [0.25, 0.3) is 0 Å². The molecule has 2 aromatic rings. The number of benzene rings is 2. The molecule has 5 nitrogen and oxygen atoms in total. The maximum absolute atomic E-state index is 12.5. The molecule has 0 aliphatic carbocycles. The Morgan fingerprint density at radius 3 is 2.38 bits per heavy atom. The van der Waals surface area contributed by atoms with Crippen LogP contribution < -0.4 is 10.2 Å². The highest BCUT2D eigenvalue weighted by Gasteiger charge is 2.23. The summed E-state index contributed by atoms with van der Waals surface area (Å²) in [7, 11) is 3.53. The van der Waals surface area contributed by atoms with Gasteiger partial charge in [0.1, 0.15) is 6.04 Å². The molecule has 1 saturated heterocycles. The van der Waals surface area contributed by atoms with Gasteiger partial charge in [0.2, 0.25) is 11.8 Å². The molecule has 1 N–H and O–H groups in total. The first-order chi connectivity index (χ1) is 12.6. The second-order valence-electron chi connectivity index (χ2n) is 6.77. The fourth-order valence-electron chi connectivity index (χ4n) is 3.19. The molecule has 0 unspecified atom stereocenters. The number of hydrogen-bond donors (Lipinski definition) is 1. The van der Waals surface area contributed by atoms with Crippen molar-refractivity contribution in [3.63, 3.8) is 0 Å². The maximum atomic E-state index is 12.5. The number of nitrogens with zero attached hydrogens (tertiary/aromatic N) is 2. The van der Waals surface area contributed by atoms with Crippen molar-refractivity contribution in [3.05, 3.63) is 65.7 Å². The third kappa shape index (κ3) is 4.11. The maximum Gasteiger partial charge on any atom is 0.243 e. The Hall–Kier alpha value is -2.66. The van der Waals surface area contributed by atoms with Gasteiger partial charge in [-0.15, -0.1) is 0 Å². The average molecular weight is 351 g/mol.